The van der Waals surface area contributed by atoms with E-state index in [0.29, 0.717) is 30.6 Å². The SMILES string of the molecule is N#Cc1c2sc(c1C#N)-c1ccc(s1)-c1ccc(s1)C#CC#Cc1sc(c(C#N)c1C#N)-c1ccc(s1)-c1ccc(s1)C#CC#C2. The molecule has 0 atom stereocenters. The van der Waals surface area contributed by atoms with Crippen LogP contribution < -0.4 is 0 Å². The van der Waals surface area contributed by atoms with E-state index in [9.17, 15) is 21.0 Å². The standard InChI is InChI=1S/C36H8N4S6/c37-17-23-25(19-39)35-33-16-14-32(44-33)30-12-10-22(42-30)6-2-4-8-28-24(18-38)26(20-40)36(46-28)34-15-13-31(43-34)29-11-9-21(41-29)5-1-3-7-27(23)45-35/h9-16H. The van der Waals surface area contributed by atoms with Crippen LogP contribution in [0.2, 0.25) is 0 Å². The summed E-state index contributed by atoms with van der Waals surface area (Å²) in [6.07, 6.45) is 0. The molecule has 46 heavy (non-hydrogen) atoms. The van der Waals surface area contributed by atoms with Crippen LogP contribution in [0.25, 0.3) is 39.0 Å². The first kappa shape index (κ1) is 29.1. The topological polar surface area (TPSA) is 95.2 Å². The molecule has 6 aromatic rings. The second-order valence-electron chi connectivity index (χ2n) is 9.12. The first-order valence-electron chi connectivity index (χ1n) is 13.0. The van der Waals surface area contributed by atoms with Crippen molar-refractivity contribution in [2.75, 3.05) is 0 Å². The van der Waals surface area contributed by atoms with E-state index < -0.39 is 0 Å². The Morgan fingerprint density at radius 3 is 1.13 bits per heavy atom. The van der Waals surface area contributed by atoms with Crippen molar-refractivity contribution in [3.8, 4) is 111 Å². The van der Waals surface area contributed by atoms with Crippen LogP contribution in [-0.4, -0.2) is 0 Å². The number of nitrogens with zero attached hydrogens (tertiary/aromatic N) is 4. The second kappa shape index (κ2) is 12.4. The summed E-state index contributed by atoms with van der Waals surface area (Å²) in [6, 6.07) is 24.5. The third-order valence-corrected chi connectivity index (χ3v) is 13.6. The summed E-state index contributed by atoms with van der Waals surface area (Å²) >= 11 is 8.77. The first-order chi connectivity index (χ1) is 22.6. The highest BCUT2D eigenvalue weighted by molar-refractivity contribution is 7.27. The molecule has 1 aliphatic heterocycles. The zero-order valence-corrected chi connectivity index (χ0v) is 27.8. The average Bonchev–Trinajstić information content (AvgIpc) is 3.90. The lowest BCUT2D eigenvalue weighted by Gasteiger charge is -1.92. The fourth-order valence-corrected chi connectivity index (χ4v) is 10.7. The molecule has 208 valence electrons. The Balaban J connectivity index is 1.36. The van der Waals surface area contributed by atoms with E-state index in [2.05, 4.69) is 71.6 Å². The highest BCUT2D eigenvalue weighted by Gasteiger charge is 2.21. The normalized spacial score (nSPS) is 10.5. The summed E-state index contributed by atoms with van der Waals surface area (Å²) in [5.41, 5.74) is 1.18. The molecule has 0 saturated heterocycles. The van der Waals surface area contributed by atoms with Crippen LogP contribution in [0.4, 0.5) is 0 Å². The van der Waals surface area contributed by atoms with E-state index >= 15 is 0 Å². The van der Waals surface area contributed by atoms with Crippen molar-refractivity contribution in [1.29, 1.82) is 21.0 Å². The fraction of sp³-hybridized carbons (Fsp3) is 0. The number of fused-ring (bicyclic) bond motifs is 16. The van der Waals surface area contributed by atoms with E-state index in [1.54, 1.807) is 0 Å². The van der Waals surface area contributed by atoms with Crippen LogP contribution in [0.15, 0.2) is 48.5 Å². The molecule has 0 aromatic carbocycles. The zero-order valence-electron chi connectivity index (χ0n) is 22.9. The number of hydrogen-bond donors (Lipinski definition) is 0. The van der Waals surface area contributed by atoms with Gasteiger partial charge in [-0.15, -0.1) is 68.0 Å². The highest BCUT2D eigenvalue weighted by Crippen LogP contribution is 2.44. The summed E-state index contributed by atoms with van der Waals surface area (Å²) in [5.74, 6) is 23.7. The minimum atomic E-state index is 0.269. The predicted octanol–water partition coefficient (Wildman–Crippen LogP) is 9.33. The van der Waals surface area contributed by atoms with E-state index in [0.717, 1.165) is 39.0 Å². The predicted molar refractivity (Wildman–Crippen MR) is 188 cm³/mol. The Kier molecular flexibility index (Phi) is 7.86. The molecule has 10 heteroatoms. The molecule has 12 bridgehead atoms. The number of nitriles is 4. The van der Waals surface area contributed by atoms with Gasteiger partial charge in [-0.05, 0) is 95.9 Å². The Morgan fingerprint density at radius 2 is 0.717 bits per heavy atom. The number of hydrogen-bond acceptors (Lipinski definition) is 10. The lowest BCUT2D eigenvalue weighted by Crippen LogP contribution is -1.80. The van der Waals surface area contributed by atoms with Crippen LogP contribution >= 0.6 is 68.0 Å². The van der Waals surface area contributed by atoms with Crippen molar-refractivity contribution in [2.45, 2.75) is 0 Å². The maximum atomic E-state index is 9.94. The van der Waals surface area contributed by atoms with Gasteiger partial charge in [-0.25, -0.2) is 0 Å². The fourth-order valence-electron chi connectivity index (χ4n) is 4.43. The Morgan fingerprint density at radius 1 is 0.370 bits per heavy atom. The average molecular weight is 689 g/mol. The van der Waals surface area contributed by atoms with Crippen molar-refractivity contribution in [3.63, 3.8) is 0 Å². The molecule has 0 amide bonds. The van der Waals surface area contributed by atoms with Gasteiger partial charge < -0.3 is 0 Å². The molecule has 0 spiro atoms. The summed E-state index contributed by atoms with van der Waals surface area (Å²) in [5, 5.41) is 39.6. The summed E-state index contributed by atoms with van der Waals surface area (Å²) < 4.78 is 0. The molecule has 0 unspecified atom stereocenters. The Hall–Kier alpha value is -5.60. The van der Waals surface area contributed by atoms with E-state index in [1.165, 1.54) is 68.0 Å². The molecular formula is C36H8N4S6. The molecule has 7 heterocycles. The van der Waals surface area contributed by atoms with Crippen LogP contribution in [0, 0.1) is 92.7 Å². The molecule has 6 aromatic heterocycles. The third kappa shape index (κ3) is 5.33. The van der Waals surface area contributed by atoms with Crippen molar-refractivity contribution in [1.82, 2.24) is 0 Å². The van der Waals surface area contributed by atoms with Gasteiger partial charge in [0.25, 0.3) is 0 Å². The van der Waals surface area contributed by atoms with Gasteiger partial charge in [0.15, 0.2) is 0 Å². The van der Waals surface area contributed by atoms with Crippen molar-refractivity contribution < 1.29 is 0 Å². The summed E-state index contributed by atoms with van der Waals surface area (Å²) in [6.45, 7) is 0. The maximum Gasteiger partial charge on any atom is 0.103 e. The third-order valence-electron chi connectivity index (χ3n) is 6.47. The van der Waals surface area contributed by atoms with Crippen LogP contribution in [-0.2, 0) is 0 Å². The number of rotatable bonds is 0. The van der Waals surface area contributed by atoms with E-state index in [4.69, 9.17) is 0 Å². The molecule has 0 radical (unpaired) electrons. The molecule has 0 N–H and O–H groups in total. The minimum absolute atomic E-state index is 0.269. The van der Waals surface area contributed by atoms with Crippen molar-refractivity contribution >= 4 is 68.0 Å². The minimum Gasteiger partial charge on any atom is -0.192 e. The van der Waals surface area contributed by atoms with E-state index in [1.807, 2.05) is 48.5 Å². The molecule has 7 rings (SSSR count). The molecule has 0 fully saturated rings. The lowest BCUT2D eigenvalue weighted by molar-refractivity contribution is 1.46. The largest absolute Gasteiger partial charge is 0.192 e. The van der Waals surface area contributed by atoms with Crippen LogP contribution in [0.1, 0.15) is 41.8 Å². The van der Waals surface area contributed by atoms with Crippen molar-refractivity contribution in [2.24, 2.45) is 0 Å². The van der Waals surface area contributed by atoms with Crippen LogP contribution in [0.5, 0.6) is 0 Å². The van der Waals surface area contributed by atoms with E-state index in [-0.39, 0.29) is 11.1 Å². The Labute approximate surface area is 287 Å². The first-order valence-corrected chi connectivity index (χ1v) is 17.9. The molecular weight excluding hydrogens is 681 g/mol. The molecule has 0 aliphatic carbocycles. The van der Waals surface area contributed by atoms with Gasteiger partial charge in [0.05, 0.1) is 51.5 Å². The summed E-state index contributed by atoms with van der Waals surface area (Å²) in [7, 11) is 0. The second-order valence-corrected chi connectivity index (χ2v) is 15.5. The quantitative estimate of drug-likeness (QED) is 0.149. The lowest BCUT2D eigenvalue weighted by atomic mass is 10.1. The summed E-state index contributed by atoms with van der Waals surface area (Å²) in [4.78, 5) is 9.92. The smallest absolute Gasteiger partial charge is 0.103 e. The van der Waals surface area contributed by atoms with Crippen LogP contribution in [0.3, 0.4) is 0 Å². The molecule has 4 nitrogen and oxygen atoms in total. The molecule has 0 saturated carbocycles. The highest BCUT2D eigenvalue weighted by atomic mass is 32.1. The Bertz CT molecular complexity index is 2490. The van der Waals surface area contributed by atoms with Gasteiger partial charge in [0, 0.05) is 29.3 Å². The monoisotopic (exact) mass is 688 g/mol. The van der Waals surface area contributed by atoms with Gasteiger partial charge in [-0.1, -0.05) is 0 Å². The van der Waals surface area contributed by atoms with Gasteiger partial charge in [0.1, 0.15) is 24.3 Å². The molecule has 1 aliphatic rings. The van der Waals surface area contributed by atoms with Gasteiger partial charge in [-0.3, -0.25) is 0 Å². The zero-order chi connectivity index (χ0) is 31.6. The van der Waals surface area contributed by atoms with Gasteiger partial charge in [-0.2, -0.15) is 21.0 Å². The van der Waals surface area contributed by atoms with Gasteiger partial charge in [0.2, 0.25) is 0 Å². The maximum absolute atomic E-state index is 9.94. The number of thiophene rings is 6. The van der Waals surface area contributed by atoms with Gasteiger partial charge >= 0.3 is 0 Å². The van der Waals surface area contributed by atoms with Crippen molar-refractivity contribution in [3.05, 3.63) is 90.3 Å².